The quantitative estimate of drug-likeness (QED) is 0.407. The minimum absolute atomic E-state index is 0.488. The maximum Gasteiger partial charge on any atom is 0.488 e. The van der Waals surface area contributed by atoms with Gasteiger partial charge in [-0.25, -0.2) is 0 Å². The molecule has 1 atom stereocenters. The summed E-state index contributed by atoms with van der Waals surface area (Å²) in [5.41, 5.74) is 7.31. The third-order valence-corrected chi connectivity index (χ3v) is 6.78. The summed E-state index contributed by atoms with van der Waals surface area (Å²) in [6, 6.07) is 40.0. The van der Waals surface area contributed by atoms with Gasteiger partial charge in [-0.15, -0.1) is 0 Å². The van der Waals surface area contributed by atoms with Gasteiger partial charge >= 0.3 is 7.12 Å². The lowest BCUT2D eigenvalue weighted by Crippen LogP contribution is -2.32. The molecule has 1 unspecified atom stereocenters. The molecule has 0 aliphatic heterocycles. The molecule has 3 heteroatoms. The van der Waals surface area contributed by atoms with Crippen LogP contribution in [-0.4, -0.2) is 17.2 Å². The van der Waals surface area contributed by atoms with Gasteiger partial charge < -0.3 is 10.0 Å². The van der Waals surface area contributed by atoms with Gasteiger partial charge in [0.15, 0.2) is 0 Å². The van der Waals surface area contributed by atoms with Gasteiger partial charge in [-0.3, -0.25) is 0 Å². The number of benzene rings is 5. The van der Waals surface area contributed by atoms with Crippen molar-refractivity contribution in [3.05, 3.63) is 138 Å². The predicted molar refractivity (Wildman–Crippen MR) is 131 cm³/mol. The summed E-state index contributed by atoms with van der Waals surface area (Å²) in [6.07, 6.45) is 0. The van der Waals surface area contributed by atoms with E-state index in [-0.39, 0.29) is 0 Å². The zero-order valence-corrected chi connectivity index (χ0v) is 17.4. The van der Waals surface area contributed by atoms with Crippen LogP contribution in [0.4, 0.5) is 0 Å². The Morgan fingerprint density at radius 3 is 1.97 bits per heavy atom. The third-order valence-electron chi connectivity index (χ3n) is 6.78. The molecule has 6 rings (SSSR count). The van der Waals surface area contributed by atoms with E-state index in [4.69, 9.17) is 0 Å². The highest BCUT2D eigenvalue weighted by Gasteiger charge is 2.46. The number of hydrogen-bond donors (Lipinski definition) is 2. The predicted octanol–water partition coefficient (Wildman–Crippen LogP) is 4.88. The minimum Gasteiger partial charge on any atom is -0.423 e. The van der Waals surface area contributed by atoms with Crippen molar-refractivity contribution in [1.82, 2.24) is 0 Å². The van der Waals surface area contributed by atoms with Crippen molar-refractivity contribution in [2.45, 2.75) is 5.41 Å². The summed E-state index contributed by atoms with van der Waals surface area (Å²) in [6.45, 7) is 0. The normalized spacial score (nSPS) is 16.6. The van der Waals surface area contributed by atoms with Crippen molar-refractivity contribution in [1.29, 1.82) is 0 Å². The lowest BCUT2D eigenvalue weighted by Gasteiger charge is -2.34. The molecule has 0 bridgehead atoms. The second-order valence-electron chi connectivity index (χ2n) is 8.37. The van der Waals surface area contributed by atoms with E-state index in [0.29, 0.717) is 5.46 Å². The fourth-order valence-corrected chi connectivity index (χ4v) is 5.43. The van der Waals surface area contributed by atoms with Gasteiger partial charge in [-0.2, -0.15) is 0 Å². The van der Waals surface area contributed by atoms with Crippen LogP contribution in [0.3, 0.4) is 0 Å². The summed E-state index contributed by atoms with van der Waals surface area (Å²) in [5.74, 6) is 0. The monoisotopic (exact) mass is 412 g/mol. The van der Waals surface area contributed by atoms with Gasteiger partial charge in [-0.05, 0) is 49.6 Å². The summed E-state index contributed by atoms with van der Waals surface area (Å²) in [4.78, 5) is 0. The highest BCUT2D eigenvalue weighted by Crippen LogP contribution is 2.57. The van der Waals surface area contributed by atoms with Crippen LogP contribution in [0.5, 0.6) is 0 Å². The Morgan fingerprint density at radius 2 is 1.19 bits per heavy atom. The number of hydrogen-bond acceptors (Lipinski definition) is 2. The Hall–Kier alpha value is -3.66. The topological polar surface area (TPSA) is 40.5 Å². The van der Waals surface area contributed by atoms with Crippen molar-refractivity contribution in [3.8, 4) is 11.1 Å². The van der Waals surface area contributed by atoms with E-state index in [1.165, 1.54) is 38.6 Å². The van der Waals surface area contributed by atoms with Gasteiger partial charge in [0.25, 0.3) is 0 Å². The van der Waals surface area contributed by atoms with Crippen LogP contribution in [0.2, 0.25) is 0 Å². The third kappa shape index (κ3) is 2.56. The van der Waals surface area contributed by atoms with Crippen molar-refractivity contribution in [2.75, 3.05) is 0 Å². The lowest BCUT2D eigenvalue weighted by atomic mass is 9.66. The lowest BCUT2D eigenvalue weighted by molar-refractivity contribution is 0.426. The summed E-state index contributed by atoms with van der Waals surface area (Å²) < 4.78 is 0. The molecule has 0 fully saturated rings. The van der Waals surface area contributed by atoms with E-state index >= 15 is 0 Å². The van der Waals surface area contributed by atoms with E-state index in [2.05, 4.69) is 84.9 Å². The van der Waals surface area contributed by atoms with Crippen LogP contribution >= 0.6 is 0 Å². The second kappa shape index (κ2) is 7.20. The van der Waals surface area contributed by atoms with Gasteiger partial charge in [-0.1, -0.05) is 115 Å². The maximum atomic E-state index is 9.65. The first-order chi connectivity index (χ1) is 15.7. The average molecular weight is 412 g/mol. The van der Waals surface area contributed by atoms with Crippen LogP contribution in [-0.2, 0) is 5.41 Å². The molecule has 5 aromatic carbocycles. The fraction of sp³-hybridized carbons (Fsp3) is 0.0345. The Kier molecular flexibility index (Phi) is 4.29. The molecule has 1 aliphatic carbocycles. The van der Waals surface area contributed by atoms with E-state index in [1.807, 2.05) is 30.3 Å². The van der Waals surface area contributed by atoms with E-state index < -0.39 is 12.5 Å². The molecule has 1 aliphatic rings. The Balaban J connectivity index is 1.78. The largest absolute Gasteiger partial charge is 0.488 e. The molecule has 0 heterocycles. The summed E-state index contributed by atoms with van der Waals surface area (Å²) in [7, 11) is -1.48. The van der Waals surface area contributed by atoms with Crippen molar-refractivity contribution in [2.24, 2.45) is 0 Å². The van der Waals surface area contributed by atoms with Crippen LogP contribution in [0.15, 0.2) is 115 Å². The van der Waals surface area contributed by atoms with Crippen molar-refractivity contribution >= 4 is 23.4 Å². The molecule has 5 aromatic rings. The highest BCUT2D eigenvalue weighted by molar-refractivity contribution is 6.58. The molecule has 0 radical (unpaired) electrons. The number of rotatable bonds is 3. The van der Waals surface area contributed by atoms with E-state index in [1.54, 1.807) is 0 Å². The van der Waals surface area contributed by atoms with Crippen molar-refractivity contribution in [3.63, 3.8) is 0 Å². The van der Waals surface area contributed by atoms with Gasteiger partial charge in [0.1, 0.15) is 0 Å². The first-order valence-corrected chi connectivity index (χ1v) is 10.9. The molecule has 0 amide bonds. The fourth-order valence-electron chi connectivity index (χ4n) is 5.43. The Bertz CT molecular complexity index is 1440. The zero-order chi connectivity index (χ0) is 21.7. The van der Waals surface area contributed by atoms with E-state index in [9.17, 15) is 10.0 Å². The summed E-state index contributed by atoms with van der Waals surface area (Å²) in [5, 5.41) is 21.8. The molecule has 2 N–H and O–H groups in total. The molecule has 0 spiro atoms. The standard InChI is InChI=1S/C29H21BO2/c31-30(32)23-17-15-22(16-18-23)29(21-9-2-1-3-10-21)26-13-7-6-12-25(26)28-24-11-5-4-8-20(24)14-19-27(28)29/h1-19,31-32H. The Morgan fingerprint density at radius 1 is 0.531 bits per heavy atom. The van der Waals surface area contributed by atoms with Crippen molar-refractivity contribution < 1.29 is 10.0 Å². The van der Waals surface area contributed by atoms with Gasteiger partial charge in [0.05, 0.1) is 5.41 Å². The van der Waals surface area contributed by atoms with Crippen LogP contribution in [0.25, 0.3) is 21.9 Å². The first-order valence-electron chi connectivity index (χ1n) is 10.9. The molecule has 32 heavy (non-hydrogen) atoms. The Labute approximate surface area is 187 Å². The van der Waals surface area contributed by atoms with Crippen LogP contribution in [0, 0.1) is 0 Å². The average Bonchev–Trinajstić information content (AvgIpc) is 3.16. The molecule has 152 valence electrons. The van der Waals surface area contributed by atoms with Crippen LogP contribution < -0.4 is 5.46 Å². The van der Waals surface area contributed by atoms with Gasteiger partial charge in [0.2, 0.25) is 0 Å². The maximum absolute atomic E-state index is 9.65. The first kappa shape index (κ1) is 19.1. The SMILES string of the molecule is OB(O)c1ccc(C2(c3ccccc3)c3ccccc3-c3c2ccc2ccccc32)cc1. The minimum atomic E-state index is -1.48. The van der Waals surface area contributed by atoms with Gasteiger partial charge in [0, 0.05) is 0 Å². The van der Waals surface area contributed by atoms with Crippen LogP contribution in [0.1, 0.15) is 22.3 Å². The zero-order valence-electron chi connectivity index (χ0n) is 17.4. The summed E-state index contributed by atoms with van der Waals surface area (Å²) >= 11 is 0. The highest BCUT2D eigenvalue weighted by atomic mass is 16.4. The second-order valence-corrected chi connectivity index (χ2v) is 8.37. The molecule has 2 nitrogen and oxygen atoms in total. The smallest absolute Gasteiger partial charge is 0.423 e. The number of fused-ring (bicyclic) bond motifs is 5. The molecule has 0 saturated heterocycles. The molecular formula is C29H21BO2. The molecular weight excluding hydrogens is 391 g/mol. The molecule has 0 aromatic heterocycles. The molecule has 0 saturated carbocycles. The van der Waals surface area contributed by atoms with E-state index in [0.717, 1.165) is 5.56 Å².